The molecule has 0 bridgehead atoms. The number of carbonyl (C=O) groups excluding carboxylic acids is 1. The number of hydrazone groups is 1. The van der Waals surface area contributed by atoms with Crippen LogP contribution in [0.15, 0.2) is 114 Å². The monoisotopic (exact) mass is 539 g/mol. The first-order valence-electron chi connectivity index (χ1n) is 13.1. The Hall–Kier alpha value is -5.63. The van der Waals surface area contributed by atoms with E-state index in [0.29, 0.717) is 17.8 Å². The Kier molecular flexibility index (Phi) is 6.79. The smallest absolute Gasteiger partial charge is 0.272 e. The van der Waals surface area contributed by atoms with Crippen LogP contribution in [0, 0.1) is 17.0 Å². The van der Waals surface area contributed by atoms with Crippen LogP contribution in [-0.2, 0) is 6.54 Å². The maximum absolute atomic E-state index is 13.4. The normalized spacial score (nSPS) is 11.3. The van der Waals surface area contributed by atoms with Crippen LogP contribution in [0.2, 0.25) is 0 Å². The lowest BCUT2D eigenvalue weighted by atomic mass is 10.0. The third kappa shape index (κ3) is 5.06. The summed E-state index contributed by atoms with van der Waals surface area (Å²) in [6.07, 6.45) is 1.67. The van der Waals surface area contributed by atoms with E-state index in [4.69, 9.17) is 4.98 Å². The predicted octanol–water partition coefficient (Wildman–Crippen LogP) is 6.89. The minimum Gasteiger partial charge on any atom is -0.340 e. The molecule has 200 valence electrons. The van der Waals surface area contributed by atoms with E-state index in [0.717, 1.165) is 44.2 Å². The van der Waals surface area contributed by atoms with E-state index in [9.17, 15) is 14.9 Å². The summed E-state index contributed by atoms with van der Waals surface area (Å²) in [5.41, 5.74) is 9.42. The Morgan fingerprint density at radius 3 is 2.37 bits per heavy atom. The van der Waals surface area contributed by atoms with E-state index in [2.05, 4.69) is 15.1 Å². The number of benzene rings is 4. The molecule has 0 aliphatic carbocycles. The van der Waals surface area contributed by atoms with Crippen molar-refractivity contribution in [2.75, 3.05) is 0 Å². The van der Waals surface area contributed by atoms with Gasteiger partial charge in [-0.15, -0.1) is 0 Å². The first kappa shape index (κ1) is 25.6. The van der Waals surface area contributed by atoms with E-state index in [-0.39, 0.29) is 11.6 Å². The molecule has 0 saturated carbocycles. The number of nitrogens with zero attached hydrogens (tertiary/aromatic N) is 4. The highest BCUT2D eigenvalue weighted by atomic mass is 16.6. The third-order valence-corrected chi connectivity index (χ3v) is 7.16. The molecule has 8 heteroatoms. The van der Waals surface area contributed by atoms with E-state index < -0.39 is 4.92 Å². The number of rotatable bonds is 7. The van der Waals surface area contributed by atoms with Crippen LogP contribution in [0.3, 0.4) is 0 Å². The molecule has 1 N–H and O–H groups in total. The van der Waals surface area contributed by atoms with Crippen LogP contribution in [0.25, 0.3) is 33.1 Å². The topological polar surface area (TPSA) is 102 Å². The summed E-state index contributed by atoms with van der Waals surface area (Å²) >= 11 is 0. The van der Waals surface area contributed by atoms with Crippen LogP contribution in [0.5, 0.6) is 0 Å². The van der Waals surface area contributed by atoms with Gasteiger partial charge < -0.3 is 4.57 Å². The first-order chi connectivity index (χ1) is 20.0. The summed E-state index contributed by atoms with van der Waals surface area (Å²) in [6, 6.07) is 33.6. The van der Waals surface area contributed by atoms with Crippen LogP contribution in [0.1, 0.15) is 27.2 Å². The number of fused-ring (bicyclic) bond motifs is 2. The van der Waals surface area contributed by atoms with Crippen molar-refractivity contribution in [2.24, 2.45) is 5.10 Å². The zero-order valence-electron chi connectivity index (χ0n) is 22.2. The second-order valence-corrected chi connectivity index (χ2v) is 9.66. The molecule has 6 rings (SSSR count). The van der Waals surface area contributed by atoms with Gasteiger partial charge in [0.2, 0.25) is 0 Å². The molecule has 0 spiro atoms. The van der Waals surface area contributed by atoms with Crippen molar-refractivity contribution in [1.29, 1.82) is 0 Å². The van der Waals surface area contributed by atoms with Crippen molar-refractivity contribution in [3.8, 4) is 11.3 Å². The van der Waals surface area contributed by atoms with Gasteiger partial charge in [0.25, 0.3) is 11.6 Å². The van der Waals surface area contributed by atoms with Crippen molar-refractivity contribution >= 4 is 39.6 Å². The van der Waals surface area contributed by atoms with Crippen LogP contribution < -0.4 is 5.43 Å². The molecule has 8 nitrogen and oxygen atoms in total. The SMILES string of the molecule is Cc1c(/C=N/NC(=O)c2cc(-c3ccccc3)nc3ccccc23)c2ccccc2n1Cc1ccc([N+](=O)[O-])cc1. The number of hydrogen-bond acceptors (Lipinski definition) is 5. The molecule has 0 atom stereocenters. The van der Waals surface area contributed by atoms with Gasteiger partial charge in [-0.05, 0) is 30.7 Å². The molecule has 0 aliphatic rings. The number of para-hydroxylation sites is 2. The Morgan fingerprint density at radius 1 is 0.927 bits per heavy atom. The van der Waals surface area contributed by atoms with E-state index >= 15 is 0 Å². The van der Waals surface area contributed by atoms with E-state index in [1.54, 1.807) is 24.4 Å². The Bertz CT molecular complexity index is 1940. The number of hydrogen-bond donors (Lipinski definition) is 1. The number of non-ortho nitro benzene ring substituents is 1. The average molecular weight is 540 g/mol. The molecule has 2 aromatic heterocycles. The molecule has 0 unspecified atom stereocenters. The highest BCUT2D eigenvalue weighted by Gasteiger charge is 2.16. The maximum Gasteiger partial charge on any atom is 0.272 e. The van der Waals surface area contributed by atoms with E-state index in [1.807, 2.05) is 85.8 Å². The van der Waals surface area contributed by atoms with Gasteiger partial charge in [-0.2, -0.15) is 5.10 Å². The van der Waals surface area contributed by atoms with Crippen LogP contribution in [0.4, 0.5) is 5.69 Å². The molecule has 0 fully saturated rings. The summed E-state index contributed by atoms with van der Waals surface area (Å²) in [7, 11) is 0. The lowest BCUT2D eigenvalue weighted by molar-refractivity contribution is -0.384. The first-order valence-corrected chi connectivity index (χ1v) is 13.1. The molecule has 2 heterocycles. The molecule has 1 amide bonds. The zero-order valence-corrected chi connectivity index (χ0v) is 22.2. The van der Waals surface area contributed by atoms with Gasteiger partial charge in [-0.25, -0.2) is 10.4 Å². The summed E-state index contributed by atoms with van der Waals surface area (Å²) in [4.78, 5) is 28.8. The lowest BCUT2D eigenvalue weighted by Gasteiger charge is -2.09. The van der Waals surface area contributed by atoms with Gasteiger partial charge in [-0.1, -0.05) is 78.9 Å². The second kappa shape index (κ2) is 10.9. The Balaban J connectivity index is 1.30. The fraction of sp³-hybridized carbons (Fsp3) is 0.0606. The largest absolute Gasteiger partial charge is 0.340 e. The van der Waals surface area contributed by atoms with Crippen LogP contribution in [-0.4, -0.2) is 26.6 Å². The minimum atomic E-state index is -0.403. The fourth-order valence-electron chi connectivity index (χ4n) is 5.07. The number of nitro groups is 1. The van der Waals surface area contributed by atoms with Crippen molar-refractivity contribution in [3.63, 3.8) is 0 Å². The maximum atomic E-state index is 13.4. The molecule has 0 aliphatic heterocycles. The third-order valence-electron chi connectivity index (χ3n) is 7.16. The Labute approximate surface area is 235 Å². The highest BCUT2D eigenvalue weighted by Crippen LogP contribution is 2.27. The molecular weight excluding hydrogens is 514 g/mol. The zero-order chi connectivity index (χ0) is 28.3. The van der Waals surface area contributed by atoms with Gasteiger partial charge in [0.05, 0.1) is 27.9 Å². The standard InChI is InChI=1S/C33H25N5O3/c1-22-29(27-12-6-8-14-32(27)37(22)21-23-15-17-25(18-16-23)38(40)41)20-34-36-33(39)28-19-31(24-9-3-2-4-10-24)35-30-13-7-5-11-26(28)30/h2-20H,21H2,1H3,(H,36,39)/b34-20+. The number of aromatic nitrogens is 2. The van der Waals surface area contributed by atoms with Gasteiger partial charge in [0, 0.05) is 51.8 Å². The highest BCUT2D eigenvalue weighted by molar-refractivity contribution is 6.08. The van der Waals surface area contributed by atoms with Gasteiger partial charge in [0.1, 0.15) is 0 Å². The number of pyridine rings is 1. The average Bonchev–Trinajstić information content (AvgIpc) is 3.27. The Morgan fingerprint density at radius 2 is 1.61 bits per heavy atom. The second-order valence-electron chi connectivity index (χ2n) is 9.66. The van der Waals surface area contributed by atoms with Gasteiger partial charge >= 0.3 is 0 Å². The van der Waals surface area contributed by atoms with Crippen LogP contribution >= 0.6 is 0 Å². The number of nitro benzene ring substituents is 1. The van der Waals surface area contributed by atoms with E-state index in [1.165, 1.54) is 12.1 Å². The molecular formula is C33H25N5O3. The molecule has 0 radical (unpaired) electrons. The molecule has 41 heavy (non-hydrogen) atoms. The summed E-state index contributed by atoms with van der Waals surface area (Å²) < 4.78 is 2.14. The summed E-state index contributed by atoms with van der Waals surface area (Å²) in [5.74, 6) is -0.329. The lowest BCUT2D eigenvalue weighted by Crippen LogP contribution is -2.18. The fourth-order valence-corrected chi connectivity index (χ4v) is 5.07. The van der Waals surface area contributed by atoms with Gasteiger partial charge in [-0.3, -0.25) is 14.9 Å². The summed E-state index contributed by atoms with van der Waals surface area (Å²) in [6.45, 7) is 2.53. The quantitative estimate of drug-likeness (QED) is 0.136. The van der Waals surface area contributed by atoms with Crippen molar-refractivity contribution in [1.82, 2.24) is 15.0 Å². The number of nitrogens with one attached hydrogen (secondary N) is 1. The summed E-state index contributed by atoms with van der Waals surface area (Å²) in [5, 5.41) is 17.1. The van der Waals surface area contributed by atoms with Crippen molar-refractivity contribution < 1.29 is 9.72 Å². The van der Waals surface area contributed by atoms with Crippen molar-refractivity contribution in [3.05, 3.63) is 142 Å². The molecule has 6 aromatic rings. The molecule has 0 saturated heterocycles. The number of amides is 1. The minimum absolute atomic E-state index is 0.0595. The predicted molar refractivity (Wildman–Crippen MR) is 161 cm³/mol. The molecule has 4 aromatic carbocycles. The van der Waals surface area contributed by atoms with Gasteiger partial charge in [0.15, 0.2) is 0 Å². The van der Waals surface area contributed by atoms with Crippen molar-refractivity contribution in [2.45, 2.75) is 13.5 Å². The number of carbonyl (C=O) groups is 1.